The molecule has 3 rings (SSSR count). The van der Waals surface area contributed by atoms with Crippen molar-refractivity contribution in [2.24, 2.45) is 0 Å². The Bertz CT molecular complexity index is 682. The predicted molar refractivity (Wildman–Crippen MR) is 111 cm³/mol. The van der Waals surface area contributed by atoms with Gasteiger partial charge >= 0.3 is 0 Å². The summed E-state index contributed by atoms with van der Waals surface area (Å²) in [6, 6.07) is 21.5. The van der Waals surface area contributed by atoms with Crippen LogP contribution in [0.25, 0.3) is 0 Å². The van der Waals surface area contributed by atoms with Crippen LogP contribution in [0.3, 0.4) is 0 Å². The maximum atomic E-state index is 9.01. The highest BCUT2D eigenvalue weighted by molar-refractivity contribution is 7.99. The molecule has 0 bridgehead atoms. The van der Waals surface area contributed by atoms with E-state index < -0.39 is 0 Å². The standard InChI is InChI=1S/C19H20N2S2.C2H6/c1-22-21-13-17(16-7-3-2-4-8-16)11-18(21)14-23-19-9-5-6-15(10-19)12-20;1-2/h2-10,17-18H,11,13-14H2,1H3;1-2H3. The van der Waals surface area contributed by atoms with Gasteiger partial charge in [0.2, 0.25) is 0 Å². The van der Waals surface area contributed by atoms with Crippen molar-refractivity contribution in [3.8, 4) is 6.07 Å². The molecule has 1 aliphatic rings. The minimum Gasteiger partial charge on any atom is -0.246 e. The monoisotopic (exact) mass is 370 g/mol. The number of hydrogen-bond donors (Lipinski definition) is 0. The molecular weight excluding hydrogens is 344 g/mol. The highest BCUT2D eigenvalue weighted by atomic mass is 32.2. The molecule has 2 nitrogen and oxygen atoms in total. The van der Waals surface area contributed by atoms with Gasteiger partial charge in [0, 0.05) is 23.2 Å². The maximum Gasteiger partial charge on any atom is 0.0992 e. The predicted octanol–water partition coefficient (Wildman–Crippen LogP) is 5.81. The quantitative estimate of drug-likeness (QED) is 0.490. The Morgan fingerprint density at radius 3 is 2.56 bits per heavy atom. The van der Waals surface area contributed by atoms with E-state index in [-0.39, 0.29) is 0 Å². The molecule has 2 unspecified atom stereocenters. The summed E-state index contributed by atoms with van der Waals surface area (Å²) in [6.07, 6.45) is 3.37. The van der Waals surface area contributed by atoms with Crippen LogP contribution in [0.2, 0.25) is 0 Å². The first kappa shape index (κ1) is 19.9. The molecule has 0 N–H and O–H groups in total. The molecule has 2 aromatic carbocycles. The summed E-state index contributed by atoms with van der Waals surface area (Å²) in [5.41, 5.74) is 2.19. The lowest BCUT2D eigenvalue weighted by molar-refractivity contribution is 0.474. The molecule has 0 amide bonds. The second-order valence-corrected chi connectivity index (χ2v) is 7.66. The molecule has 1 fully saturated rings. The third-order valence-electron chi connectivity index (χ3n) is 4.28. The second kappa shape index (κ2) is 10.6. The molecule has 1 saturated heterocycles. The Balaban J connectivity index is 0.00000109. The average Bonchev–Trinajstić information content (AvgIpc) is 3.12. The summed E-state index contributed by atoms with van der Waals surface area (Å²) in [4.78, 5) is 1.19. The summed E-state index contributed by atoms with van der Waals surface area (Å²) in [5.74, 6) is 1.69. The number of nitrogens with zero attached hydrogens (tertiary/aromatic N) is 2. The fraction of sp³-hybridized carbons (Fsp3) is 0.381. The third kappa shape index (κ3) is 5.54. The van der Waals surface area contributed by atoms with E-state index in [1.54, 1.807) is 0 Å². The molecule has 0 aliphatic carbocycles. The first-order valence-corrected chi connectivity index (χ1v) is 11.0. The Morgan fingerprint density at radius 2 is 1.88 bits per heavy atom. The van der Waals surface area contributed by atoms with Gasteiger partial charge in [-0.3, -0.25) is 0 Å². The topological polar surface area (TPSA) is 27.0 Å². The second-order valence-electron chi connectivity index (χ2n) is 5.73. The normalized spacial score (nSPS) is 19.8. The molecule has 1 aliphatic heterocycles. The van der Waals surface area contributed by atoms with Crippen LogP contribution in [0.1, 0.15) is 37.3 Å². The molecule has 0 aromatic heterocycles. The number of thioether (sulfide) groups is 1. The molecular formula is C21H26N2S2. The van der Waals surface area contributed by atoms with E-state index >= 15 is 0 Å². The van der Waals surface area contributed by atoms with Crippen molar-refractivity contribution in [3.63, 3.8) is 0 Å². The van der Waals surface area contributed by atoms with Gasteiger partial charge in [0.15, 0.2) is 0 Å². The lowest BCUT2D eigenvalue weighted by Crippen LogP contribution is -2.24. The van der Waals surface area contributed by atoms with E-state index in [1.165, 1.54) is 16.9 Å². The van der Waals surface area contributed by atoms with E-state index in [1.807, 2.05) is 55.8 Å². The maximum absolute atomic E-state index is 9.01. The molecule has 0 spiro atoms. The van der Waals surface area contributed by atoms with Gasteiger partial charge in [0.05, 0.1) is 11.6 Å². The number of benzene rings is 2. The van der Waals surface area contributed by atoms with Crippen LogP contribution in [0, 0.1) is 11.3 Å². The van der Waals surface area contributed by atoms with Crippen molar-refractivity contribution < 1.29 is 0 Å². The SMILES string of the molecule is CC.CSN1CC(c2ccccc2)CC1CSc1cccc(C#N)c1. The molecule has 0 radical (unpaired) electrons. The minimum absolute atomic E-state index is 0.575. The zero-order valence-corrected chi connectivity index (χ0v) is 16.8. The van der Waals surface area contributed by atoms with Crippen molar-refractivity contribution in [1.82, 2.24) is 4.31 Å². The van der Waals surface area contributed by atoms with E-state index in [4.69, 9.17) is 5.26 Å². The van der Waals surface area contributed by atoms with Gasteiger partial charge in [-0.2, -0.15) is 5.26 Å². The van der Waals surface area contributed by atoms with Gasteiger partial charge in [-0.1, -0.05) is 62.2 Å². The van der Waals surface area contributed by atoms with Crippen molar-refractivity contribution in [3.05, 3.63) is 65.7 Å². The zero-order valence-electron chi connectivity index (χ0n) is 15.2. The summed E-state index contributed by atoms with van der Waals surface area (Å²) in [5, 5.41) is 9.01. The first-order valence-electron chi connectivity index (χ1n) is 8.79. The summed E-state index contributed by atoms with van der Waals surface area (Å²) in [7, 11) is 0. The fourth-order valence-electron chi connectivity index (χ4n) is 3.08. The van der Waals surface area contributed by atoms with Crippen molar-refractivity contribution in [2.75, 3.05) is 18.6 Å². The van der Waals surface area contributed by atoms with E-state index in [9.17, 15) is 0 Å². The first-order chi connectivity index (χ1) is 12.3. The lowest BCUT2D eigenvalue weighted by atomic mass is 9.97. The van der Waals surface area contributed by atoms with E-state index in [0.717, 1.165) is 17.9 Å². The van der Waals surface area contributed by atoms with Gasteiger partial charge in [-0.05, 0) is 42.4 Å². The highest BCUT2D eigenvalue weighted by Crippen LogP contribution is 2.37. The Hall–Kier alpha value is -1.41. The molecule has 4 heteroatoms. The third-order valence-corrected chi connectivity index (χ3v) is 6.33. The fourth-order valence-corrected chi connectivity index (χ4v) is 5.04. The minimum atomic E-state index is 0.575. The highest BCUT2D eigenvalue weighted by Gasteiger charge is 2.32. The van der Waals surface area contributed by atoms with Crippen molar-refractivity contribution >= 4 is 23.7 Å². The van der Waals surface area contributed by atoms with Crippen LogP contribution in [0.4, 0.5) is 0 Å². The Kier molecular flexibility index (Phi) is 8.40. The van der Waals surface area contributed by atoms with Crippen molar-refractivity contribution in [1.29, 1.82) is 5.26 Å². The van der Waals surface area contributed by atoms with Gasteiger partial charge in [-0.25, -0.2) is 4.31 Å². The molecule has 0 saturated carbocycles. The number of rotatable bonds is 5. The van der Waals surface area contributed by atoms with Crippen LogP contribution < -0.4 is 0 Å². The molecule has 2 atom stereocenters. The van der Waals surface area contributed by atoms with E-state index in [2.05, 4.69) is 53.0 Å². The van der Waals surface area contributed by atoms with Crippen molar-refractivity contribution in [2.45, 2.75) is 37.1 Å². The molecule has 132 valence electrons. The van der Waals surface area contributed by atoms with Gasteiger partial charge < -0.3 is 0 Å². The van der Waals surface area contributed by atoms with Gasteiger partial charge in [0.1, 0.15) is 0 Å². The largest absolute Gasteiger partial charge is 0.246 e. The summed E-state index contributed by atoms with van der Waals surface area (Å²) in [6.45, 7) is 5.12. The smallest absolute Gasteiger partial charge is 0.0992 e. The lowest BCUT2D eigenvalue weighted by Gasteiger charge is -2.20. The molecule has 2 aromatic rings. The van der Waals surface area contributed by atoms with Crippen LogP contribution >= 0.6 is 23.7 Å². The Morgan fingerprint density at radius 1 is 1.12 bits per heavy atom. The summed E-state index contributed by atoms with van der Waals surface area (Å²) >= 11 is 3.71. The number of hydrogen-bond acceptors (Lipinski definition) is 4. The van der Waals surface area contributed by atoms with E-state index in [0.29, 0.717) is 12.0 Å². The van der Waals surface area contributed by atoms with Crippen LogP contribution in [0.15, 0.2) is 59.5 Å². The molecule has 25 heavy (non-hydrogen) atoms. The zero-order chi connectivity index (χ0) is 18.1. The van der Waals surface area contributed by atoms with Gasteiger partial charge in [0.25, 0.3) is 0 Å². The van der Waals surface area contributed by atoms with Crippen LogP contribution in [0.5, 0.6) is 0 Å². The molecule has 1 heterocycles. The number of nitriles is 1. The van der Waals surface area contributed by atoms with Crippen LogP contribution in [-0.4, -0.2) is 28.9 Å². The average molecular weight is 371 g/mol. The van der Waals surface area contributed by atoms with Crippen LogP contribution in [-0.2, 0) is 0 Å². The summed E-state index contributed by atoms with van der Waals surface area (Å²) < 4.78 is 2.51. The van der Waals surface area contributed by atoms with Gasteiger partial charge in [-0.15, -0.1) is 11.8 Å². The Labute approximate surface area is 160 Å².